The van der Waals surface area contributed by atoms with Crippen molar-refractivity contribution in [3.8, 4) is 0 Å². The zero-order valence-electron chi connectivity index (χ0n) is 13.1. The molecule has 0 radical (unpaired) electrons. The largest absolute Gasteiger partial charge is 0.384 e. The molecule has 0 aromatic carbocycles. The summed E-state index contributed by atoms with van der Waals surface area (Å²) in [5.74, 6) is -44.1. The highest BCUT2D eigenvalue weighted by Crippen LogP contribution is 2.61. The molecule has 0 aliphatic carbocycles. The number of alkyl halides is 14. The zero-order valence-corrected chi connectivity index (χ0v) is 13.1. The maximum Gasteiger partial charge on any atom is 0.384 e. The minimum Gasteiger partial charge on any atom is -0.203 e. The van der Waals surface area contributed by atoms with Crippen LogP contribution in [0.5, 0.6) is 0 Å². The van der Waals surface area contributed by atoms with Crippen molar-refractivity contribution in [2.75, 3.05) is 0 Å². The highest BCUT2D eigenvalue weighted by molar-refractivity contribution is 5.12. The Bertz CT molecular complexity index is 499. The van der Waals surface area contributed by atoms with E-state index in [1.807, 2.05) is 0 Å². The average molecular weight is 422 g/mol. The van der Waals surface area contributed by atoms with Crippen LogP contribution in [0, 0.1) is 5.41 Å². The van der Waals surface area contributed by atoms with E-state index < -0.39 is 53.8 Å². The van der Waals surface area contributed by atoms with E-state index in [2.05, 4.69) is 0 Å². The predicted molar refractivity (Wildman–Crippen MR) is 59.8 cm³/mol. The molecule has 0 aliphatic heterocycles. The van der Waals surface area contributed by atoms with Crippen LogP contribution in [0.2, 0.25) is 0 Å². The molecule has 0 atom stereocenters. The third-order valence-corrected chi connectivity index (χ3v) is 3.09. The van der Waals surface area contributed by atoms with Crippen molar-refractivity contribution in [2.24, 2.45) is 5.41 Å². The van der Waals surface area contributed by atoms with E-state index in [4.69, 9.17) is 0 Å². The molecule has 0 aromatic heterocycles. The van der Waals surface area contributed by atoms with Gasteiger partial charge in [-0.05, 0) is 5.41 Å². The first-order chi connectivity index (χ1) is 10.9. The van der Waals surface area contributed by atoms with Crippen LogP contribution >= 0.6 is 0 Å². The molecule has 0 N–H and O–H groups in total. The van der Waals surface area contributed by atoms with Crippen LogP contribution in [0.1, 0.15) is 27.2 Å². The van der Waals surface area contributed by atoms with Gasteiger partial charge < -0.3 is 0 Å². The Hall–Kier alpha value is -0.980. The molecular weight excluding hydrogens is 410 g/mol. The summed E-state index contributed by atoms with van der Waals surface area (Å²) in [5, 5.41) is 0. The lowest BCUT2D eigenvalue weighted by Gasteiger charge is -2.42. The lowest BCUT2D eigenvalue weighted by molar-refractivity contribution is -0.434. The molecule has 0 unspecified atom stereocenters. The second-order valence-electron chi connectivity index (χ2n) is 6.66. The van der Waals surface area contributed by atoms with Crippen LogP contribution in [0.25, 0.3) is 0 Å². The van der Waals surface area contributed by atoms with Gasteiger partial charge in [0, 0.05) is 6.42 Å². The molecule has 0 amide bonds. The van der Waals surface area contributed by atoms with E-state index in [1.165, 1.54) is 0 Å². The molecule has 0 nitrogen and oxygen atoms in total. The summed E-state index contributed by atoms with van der Waals surface area (Å²) in [6.07, 6.45) is -7.92. The van der Waals surface area contributed by atoms with Crippen LogP contribution in [-0.2, 0) is 0 Å². The Morgan fingerprint density at radius 2 is 0.846 bits per heavy atom. The predicted octanol–water partition coefficient (Wildman–Crippen LogP) is 6.50. The molecule has 0 heterocycles. The Morgan fingerprint density at radius 3 is 1.12 bits per heavy atom. The van der Waals surface area contributed by atoms with Crippen molar-refractivity contribution in [3.05, 3.63) is 0 Å². The summed E-state index contributed by atoms with van der Waals surface area (Å²) in [6, 6.07) is 0. The maximum atomic E-state index is 13.4. The van der Waals surface area contributed by atoms with Gasteiger partial charge >= 0.3 is 42.0 Å². The van der Waals surface area contributed by atoms with Gasteiger partial charge in [0.25, 0.3) is 0 Å². The van der Waals surface area contributed by atoms with Crippen molar-refractivity contribution in [3.63, 3.8) is 0 Å². The summed E-state index contributed by atoms with van der Waals surface area (Å²) < 4.78 is 181. The molecule has 0 bridgehead atoms. The molecule has 26 heavy (non-hydrogen) atoms. The van der Waals surface area contributed by atoms with Gasteiger partial charge in [0.15, 0.2) is 0 Å². The maximum absolute atomic E-state index is 13.4. The summed E-state index contributed by atoms with van der Waals surface area (Å²) >= 11 is 0. The van der Waals surface area contributed by atoms with Crippen molar-refractivity contribution in [2.45, 2.75) is 69.2 Å². The van der Waals surface area contributed by atoms with Crippen molar-refractivity contribution in [1.82, 2.24) is 0 Å². The quantitative estimate of drug-likeness (QED) is 0.411. The van der Waals surface area contributed by atoms with Crippen LogP contribution < -0.4 is 0 Å². The number of hydrogen-bond donors (Lipinski definition) is 0. The fourth-order valence-electron chi connectivity index (χ4n) is 1.75. The summed E-state index contributed by atoms with van der Waals surface area (Å²) in [5.41, 5.74) is -1.92. The lowest BCUT2D eigenvalue weighted by Crippen LogP contribution is -2.71. The molecule has 0 saturated heterocycles. The molecule has 158 valence electrons. The molecule has 0 aromatic rings. The van der Waals surface area contributed by atoms with E-state index >= 15 is 0 Å². The smallest absolute Gasteiger partial charge is 0.203 e. The third kappa shape index (κ3) is 3.56. The van der Waals surface area contributed by atoms with Gasteiger partial charge in [0.05, 0.1) is 0 Å². The minimum absolute atomic E-state index is 0.771. The van der Waals surface area contributed by atoms with Crippen molar-refractivity contribution >= 4 is 0 Å². The number of halogens is 14. The second kappa shape index (κ2) is 6.28. The van der Waals surface area contributed by atoms with Crippen LogP contribution in [-0.4, -0.2) is 42.0 Å². The Kier molecular flexibility index (Phi) is 6.04. The first-order valence-electron chi connectivity index (χ1n) is 6.45. The Labute approximate surface area is 137 Å². The molecular formula is C12H12F14. The topological polar surface area (TPSA) is 0 Å². The van der Waals surface area contributed by atoms with Gasteiger partial charge in [0.2, 0.25) is 0 Å². The van der Waals surface area contributed by atoms with Crippen molar-refractivity contribution < 1.29 is 61.5 Å². The van der Waals surface area contributed by atoms with Gasteiger partial charge in [-0.3, -0.25) is 0 Å². The first-order valence-corrected chi connectivity index (χ1v) is 6.45. The number of rotatable bonds is 7. The summed E-state index contributed by atoms with van der Waals surface area (Å²) in [7, 11) is 0. The molecule has 0 saturated carbocycles. The highest BCUT2D eigenvalue weighted by atomic mass is 19.4. The van der Waals surface area contributed by atoms with E-state index in [0.29, 0.717) is 0 Å². The second-order valence-corrected chi connectivity index (χ2v) is 6.66. The van der Waals surface area contributed by atoms with E-state index in [9.17, 15) is 61.5 Å². The standard InChI is InChI=1S/C12H12F14/c1-6(2,3)4-7(15,16)9(19,20)11(23,24)12(25,26)10(21,22)8(17,18)5(13)14/h5H,4H2,1-3H3. The summed E-state index contributed by atoms with van der Waals surface area (Å²) in [6.45, 7) is 2.31. The van der Waals surface area contributed by atoms with E-state index in [1.54, 1.807) is 0 Å². The monoisotopic (exact) mass is 422 g/mol. The van der Waals surface area contributed by atoms with Crippen LogP contribution in [0.15, 0.2) is 0 Å². The molecule has 14 heteroatoms. The van der Waals surface area contributed by atoms with Crippen molar-refractivity contribution in [1.29, 1.82) is 0 Å². The fraction of sp³-hybridized carbons (Fsp3) is 1.00. The van der Waals surface area contributed by atoms with Gasteiger partial charge in [-0.15, -0.1) is 0 Å². The normalized spacial score (nSPS) is 16.4. The first kappa shape index (κ1) is 25.0. The minimum atomic E-state index is -7.95. The fourth-order valence-corrected chi connectivity index (χ4v) is 1.75. The van der Waals surface area contributed by atoms with E-state index in [-0.39, 0.29) is 0 Å². The SMILES string of the molecule is CC(C)(C)CC(F)(F)C(F)(F)C(F)(F)C(F)(F)C(F)(F)C(F)(F)C(F)F. The van der Waals surface area contributed by atoms with Gasteiger partial charge in [-0.1, -0.05) is 20.8 Å². The van der Waals surface area contributed by atoms with Gasteiger partial charge in [0.1, 0.15) is 0 Å². The zero-order chi connectivity index (χ0) is 21.8. The van der Waals surface area contributed by atoms with Crippen LogP contribution in [0.3, 0.4) is 0 Å². The van der Waals surface area contributed by atoms with E-state index in [0.717, 1.165) is 20.8 Å². The molecule has 0 rings (SSSR count). The average Bonchev–Trinajstić information content (AvgIpc) is 2.34. The van der Waals surface area contributed by atoms with Gasteiger partial charge in [-0.25, -0.2) is 8.78 Å². The summed E-state index contributed by atoms with van der Waals surface area (Å²) in [4.78, 5) is 0. The molecule has 0 fully saturated rings. The third-order valence-electron chi connectivity index (χ3n) is 3.09. The number of hydrogen-bond acceptors (Lipinski definition) is 0. The molecule has 0 spiro atoms. The highest BCUT2D eigenvalue weighted by Gasteiger charge is 2.91. The van der Waals surface area contributed by atoms with Gasteiger partial charge in [-0.2, -0.15) is 52.7 Å². The molecule has 0 aliphatic rings. The Morgan fingerprint density at radius 1 is 0.538 bits per heavy atom. The Balaban J connectivity index is 6.36. The lowest BCUT2D eigenvalue weighted by atomic mass is 9.83. The van der Waals surface area contributed by atoms with Crippen LogP contribution in [0.4, 0.5) is 61.5 Å².